The first-order chi connectivity index (χ1) is 33.6. The number of hydrogen-bond acceptors (Lipinski definition) is 3. The lowest BCUT2D eigenvalue weighted by atomic mass is 9.67. The minimum Gasteiger partial charge on any atom is -0.349 e. The average Bonchev–Trinajstić information content (AvgIpc) is 4.06. The molecule has 0 unspecified atom stereocenters. The molecule has 2 aliphatic rings. The number of fused-ring (bicyclic) bond motifs is 7. The van der Waals surface area contributed by atoms with Crippen molar-refractivity contribution in [1.29, 1.82) is 0 Å². The lowest BCUT2D eigenvalue weighted by Crippen LogP contribution is -2.33. The molecule has 13 rings (SSSR count). The Hall–Kier alpha value is -8.47. The summed E-state index contributed by atoms with van der Waals surface area (Å²) in [7, 11) is 0. The molecule has 1 aliphatic carbocycles. The topological polar surface area (TPSA) is 24.3 Å². The molecular weight excluding hydrogens is 825 g/mol. The molecule has 0 N–H and O–H groups in total. The van der Waals surface area contributed by atoms with Gasteiger partial charge in [-0.15, -0.1) is 0 Å². The molecule has 0 amide bonds. The average molecular weight is 873 g/mol. The van der Waals surface area contributed by atoms with E-state index in [4.69, 9.17) is 4.98 Å². The molecule has 0 saturated heterocycles. The second-order valence-electron chi connectivity index (χ2n) is 18.5. The number of benzene rings is 9. The predicted octanol–water partition coefficient (Wildman–Crippen LogP) is 15.9. The molecule has 0 radical (unpaired) electrons. The molecular formula is C64H48N4. The van der Waals surface area contributed by atoms with Crippen molar-refractivity contribution in [1.82, 2.24) is 9.55 Å². The summed E-state index contributed by atoms with van der Waals surface area (Å²) in [5.74, 6) is 0.874. The maximum absolute atomic E-state index is 5.23. The Morgan fingerprint density at radius 1 is 0.441 bits per heavy atom. The summed E-state index contributed by atoms with van der Waals surface area (Å²) >= 11 is 0. The highest BCUT2D eigenvalue weighted by molar-refractivity contribution is 6.10. The van der Waals surface area contributed by atoms with E-state index in [0.717, 1.165) is 29.1 Å². The Balaban J connectivity index is 1.05. The van der Waals surface area contributed by atoms with Crippen LogP contribution >= 0.6 is 0 Å². The van der Waals surface area contributed by atoms with Crippen molar-refractivity contribution in [2.45, 2.75) is 25.3 Å². The highest BCUT2D eigenvalue weighted by Gasteiger charge is 2.46. The molecule has 0 spiro atoms. The van der Waals surface area contributed by atoms with Crippen molar-refractivity contribution >= 4 is 38.9 Å². The zero-order chi connectivity index (χ0) is 45.3. The molecule has 0 bridgehead atoms. The van der Waals surface area contributed by atoms with Crippen LogP contribution in [0.5, 0.6) is 0 Å². The molecule has 2 aromatic heterocycles. The van der Waals surface area contributed by atoms with E-state index in [-0.39, 0.29) is 0 Å². The van der Waals surface area contributed by atoms with E-state index in [9.17, 15) is 0 Å². The Labute approximate surface area is 397 Å². The highest BCUT2D eigenvalue weighted by atomic mass is 15.4. The molecule has 68 heavy (non-hydrogen) atoms. The van der Waals surface area contributed by atoms with Crippen LogP contribution in [0.3, 0.4) is 0 Å². The third kappa shape index (κ3) is 6.04. The van der Waals surface area contributed by atoms with E-state index in [1.54, 1.807) is 0 Å². The summed E-state index contributed by atoms with van der Waals surface area (Å²) in [6, 6.07) is 85.3. The summed E-state index contributed by atoms with van der Waals surface area (Å²) in [5, 5.41) is 2.39. The van der Waals surface area contributed by atoms with Crippen LogP contribution in [-0.2, 0) is 5.41 Å². The van der Waals surface area contributed by atoms with E-state index in [2.05, 4.69) is 259 Å². The van der Waals surface area contributed by atoms with E-state index < -0.39 is 5.41 Å². The molecule has 9 aromatic carbocycles. The number of nitrogens with zero attached hydrogens (tertiary/aromatic N) is 4. The van der Waals surface area contributed by atoms with E-state index in [1.807, 2.05) is 6.20 Å². The Morgan fingerprint density at radius 2 is 1.01 bits per heavy atom. The zero-order valence-electron chi connectivity index (χ0n) is 38.1. The van der Waals surface area contributed by atoms with Gasteiger partial charge in [0.05, 0.1) is 34.5 Å². The van der Waals surface area contributed by atoms with Gasteiger partial charge in [0, 0.05) is 28.7 Å². The standard InChI is InChI=1S/C64H48N4/c1-43(2)66-42-67(60-34-16-15-33-59(60)66)49-24-17-23-47(40-49)64(56-30-12-9-25-52(56)53-26-10-13-31-57(53)64)48-35-36-55-54-27-11-14-32-58(54)68(61(55)41-48)62-39-46(37-38-65-62)63-50(44-19-5-3-6-20-44)28-18-29-51(63)45-21-7-4-8-22-45/h3-41,43H,42H2,1-2H3. The van der Waals surface area contributed by atoms with Gasteiger partial charge in [0.25, 0.3) is 0 Å². The Bertz CT molecular complexity index is 3610. The van der Waals surface area contributed by atoms with Crippen LogP contribution < -0.4 is 9.80 Å². The van der Waals surface area contributed by atoms with Gasteiger partial charge in [-0.05, 0) is 129 Å². The number of anilines is 3. The smallest absolute Gasteiger partial charge is 0.138 e. The second-order valence-corrected chi connectivity index (χ2v) is 18.5. The number of para-hydroxylation sites is 3. The normalized spacial score (nSPS) is 13.6. The quantitative estimate of drug-likeness (QED) is 0.152. The van der Waals surface area contributed by atoms with Gasteiger partial charge in [0.1, 0.15) is 5.82 Å². The van der Waals surface area contributed by atoms with Crippen LogP contribution in [0.15, 0.2) is 237 Å². The monoisotopic (exact) mass is 872 g/mol. The van der Waals surface area contributed by atoms with Crippen LogP contribution in [0, 0.1) is 0 Å². The molecule has 1 aliphatic heterocycles. The lowest BCUT2D eigenvalue weighted by Gasteiger charge is -2.35. The number of hydrogen-bond donors (Lipinski definition) is 0. The third-order valence-electron chi connectivity index (χ3n) is 14.5. The third-order valence-corrected chi connectivity index (χ3v) is 14.5. The van der Waals surface area contributed by atoms with Crippen LogP contribution in [-0.4, -0.2) is 22.3 Å². The van der Waals surface area contributed by atoms with Crippen LogP contribution in [0.1, 0.15) is 36.1 Å². The van der Waals surface area contributed by atoms with Crippen LogP contribution in [0.4, 0.5) is 17.1 Å². The van der Waals surface area contributed by atoms with Crippen molar-refractivity contribution < 1.29 is 0 Å². The number of pyridine rings is 1. The van der Waals surface area contributed by atoms with Crippen LogP contribution in [0.25, 0.3) is 72.1 Å². The fourth-order valence-electron chi connectivity index (χ4n) is 11.6. The van der Waals surface area contributed by atoms with Gasteiger partial charge >= 0.3 is 0 Å². The largest absolute Gasteiger partial charge is 0.349 e. The molecule has 4 nitrogen and oxygen atoms in total. The molecule has 0 atom stereocenters. The minimum atomic E-state index is -0.621. The predicted molar refractivity (Wildman–Crippen MR) is 283 cm³/mol. The first-order valence-corrected chi connectivity index (χ1v) is 23.8. The van der Waals surface area contributed by atoms with Crippen molar-refractivity contribution in [3.63, 3.8) is 0 Å². The SMILES string of the molecule is CC(C)N1CN(c2cccc(C3(c4ccc5c6ccccc6n(-c6cc(-c7c(-c8ccccc8)cccc7-c7ccccc7)ccn6)c5c4)c4ccccc4-c4ccccc43)c2)c2ccccc21. The van der Waals surface area contributed by atoms with Crippen molar-refractivity contribution in [2.24, 2.45) is 0 Å². The maximum Gasteiger partial charge on any atom is 0.138 e. The van der Waals surface area contributed by atoms with Gasteiger partial charge in [0.2, 0.25) is 0 Å². The molecule has 3 heterocycles. The summed E-state index contributed by atoms with van der Waals surface area (Å²) in [6.45, 7) is 5.36. The van der Waals surface area contributed by atoms with Crippen molar-refractivity contribution in [2.75, 3.05) is 16.5 Å². The summed E-state index contributed by atoms with van der Waals surface area (Å²) in [6.07, 6.45) is 1.99. The highest BCUT2D eigenvalue weighted by Crippen LogP contribution is 2.57. The fraction of sp³-hybridized carbons (Fsp3) is 0.0781. The molecule has 0 fully saturated rings. The summed E-state index contributed by atoms with van der Waals surface area (Å²) in [4.78, 5) is 10.2. The van der Waals surface area contributed by atoms with Gasteiger partial charge in [-0.1, -0.05) is 182 Å². The molecule has 4 heteroatoms. The molecule has 0 saturated carbocycles. The summed E-state index contributed by atoms with van der Waals surface area (Å²) < 4.78 is 2.39. The van der Waals surface area contributed by atoms with Gasteiger partial charge in [-0.25, -0.2) is 4.98 Å². The number of aromatic nitrogens is 2. The van der Waals surface area contributed by atoms with Gasteiger partial charge in [-0.2, -0.15) is 0 Å². The first kappa shape index (κ1) is 39.9. The zero-order valence-corrected chi connectivity index (χ0v) is 38.1. The molecule has 11 aromatic rings. The second kappa shape index (κ2) is 15.9. The lowest BCUT2D eigenvalue weighted by molar-refractivity contribution is 0.708. The Kier molecular flexibility index (Phi) is 9.29. The van der Waals surface area contributed by atoms with E-state index in [0.29, 0.717) is 6.04 Å². The fourth-order valence-corrected chi connectivity index (χ4v) is 11.6. The van der Waals surface area contributed by atoms with E-state index in [1.165, 1.54) is 89.0 Å². The van der Waals surface area contributed by atoms with Gasteiger partial charge in [-0.3, -0.25) is 4.57 Å². The van der Waals surface area contributed by atoms with Crippen LogP contribution in [0.2, 0.25) is 0 Å². The van der Waals surface area contributed by atoms with E-state index >= 15 is 0 Å². The molecule has 324 valence electrons. The summed E-state index contributed by atoms with van der Waals surface area (Å²) in [5.41, 5.74) is 19.9. The van der Waals surface area contributed by atoms with Crippen molar-refractivity contribution in [3.05, 3.63) is 259 Å². The maximum atomic E-state index is 5.23. The van der Waals surface area contributed by atoms with Crippen molar-refractivity contribution in [3.8, 4) is 50.3 Å². The minimum absolute atomic E-state index is 0.363. The Morgan fingerprint density at radius 3 is 1.72 bits per heavy atom. The number of rotatable bonds is 8. The van der Waals surface area contributed by atoms with Gasteiger partial charge < -0.3 is 9.80 Å². The van der Waals surface area contributed by atoms with Gasteiger partial charge in [0.15, 0.2) is 0 Å². The first-order valence-electron chi connectivity index (χ1n) is 23.8.